The van der Waals surface area contributed by atoms with Crippen molar-refractivity contribution in [1.29, 1.82) is 0 Å². The van der Waals surface area contributed by atoms with Gasteiger partial charge in [0, 0.05) is 0 Å². The molecule has 0 aliphatic heterocycles. The first-order valence-corrected chi connectivity index (χ1v) is 4.72. The molecule has 0 N–H and O–H groups in total. The van der Waals surface area contributed by atoms with Gasteiger partial charge in [-0.3, -0.25) is 0 Å². The quantitative estimate of drug-likeness (QED) is 0.629. The van der Waals surface area contributed by atoms with Crippen LogP contribution in [0.3, 0.4) is 0 Å². The van der Waals surface area contributed by atoms with Gasteiger partial charge in [0.15, 0.2) is 0 Å². The predicted octanol–water partition coefficient (Wildman–Crippen LogP) is 3.41. The van der Waals surface area contributed by atoms with Gasteiger partial charge < -0.3 is 0 Å². The molecule has 0 saturated carbocycles. The highest BCUT2D eigenvalue weighted by molar-refractivity contribution is 9.49. The van der Waals surface area contributed by atoms with Crippen molar-refractivity contribution in [3.63, 3.8) is 0 Å². The third kappa shape index (κ3) is 8.76. The molecule has 0 amide bonds. The number of allylic oxidation sites excluding steroid dienone is 1. The molecule has 0 nitrogen and oxygen atoms in total. The van der Waals surface area contributed by atoms with Crippen molar-refractivity contribution in [1.82, 2.24) is 0 Å². The minimum absolute atomic E-state index is 0.291. The first-order chi connectivity index (χ1) is 3.92. The summed E-state index contributed by atoms with van der Waals surface area (Å²) in [6.07, 6.45) is 2.17. The van der Waals surface area contributed by atoms with Crippen molar-refractivity contribution in [3.8, 4) is 0 Å². The van der Waals surface area contributed by atoms with Crippen LogP contribution in [0.5, 0.6) is 0 Å². The maximum atomic E-state index is 3.36. The fourth-order valence-electron chi connectivity index (χ4n) is 0.361. The molecule has 0 rings (SSSR count). The normalized spacial score (nSPS) is 12.6. The lowest BCUT2D eigenvalue weighted by molar-refractivity contribution is 0.545. The van der Waals surface area contributed by atoms with Gasteiger partial charge in [-0.25, -0.2) is 0 Å². The van der Waals surface area contributed by atoms with E-state index in [1.807, 2.05) is 0 Å². The summed E-state index contributed by atoms with van der Waals surface area (Å²) in [5.41, 5.74) is 0.291. The van der Waals surface area contributed by atoms with Crippen LogP contribution in [0.25, 0.3) is 0 Å². The Morgan fingerprint density at radius 1 is 1.22 bits per heavy atom. The molecule has 0 spiro atoms. The Balaban J connectivity index is 3.71. The van der Waals surface area contributed by atoms with E-state index in [1.165, 1.54) is 0 Å². The zero-order valence-corrected chi connectivity index (χ0v) is 9.16. The number of rotatable bonds is 1. The van der Waals surface area contributed by atoms with Crippen molar-refractivity contribution >= 4 is 35.9 Å². The summed E-state index contributed by atoms with van der Waals surface area (Å²) in [7, 11) is 0. The van der Waals surface area contributed by atoms with E-state index in [0.29, 0.717) is 9.78 Å². The van der Waals surface area contributed by atoms with Crippen LogP contribution < -0.4 is 0 Å². The predicted molar refractivity (Wildman–Crippen MR) is 52.2 cm³/mol. The van der Waals surface area contributed by atoms with Gasteiger partial charge in [0.05, 0.1) is 0 Å². The fraction of sp³-hybridized carbons (Fsp3) is 0.667. The molecule has 3 heteroatoms. The molecule has 0 aromatic rings. The Bertz CT molecular complexity index is 102. The van der Waals surface area contributed by atoms with Gasteiger partial charge in [-0.2, -0.15) is 0 Å². The van der Waals surface area contributed by atoms with Crippen LogP contribution in [0.2, 0.25) is 0 Å². The van der Waals surface area contributed by atoms with Crippen LogP contribution in [0, 0.1) is 5.41 Å². The maximum Gasteiger partial charge on any atom is 0.322 e. The molecule has 0 aliphatic carbocycles. The summed E-state index contributed by atoms with van der Waals surface area (Å²) in [6, 6.07) is 0. The molecule has 0 aromatic carbocycles. The van der Waals surface area contributed by atoms with Gasteiger partial charge in [0.2, 0.25) is 0 Å². The smallest absolute Gasteiger partial charge is 0.133 e. The molecule has 0 radical (unpaired) electrons. The average Bonchev–Trinajstić information content (AvgIpc) is 1.59. The van der Waals surface area contributed by atoms with E-state index in [1.54, 1.807) is 0 Å². The van der Waals surface area contributed by atoms with Crippen LogP contribution in [0.15, 0.2) is 12.1 Å². The number of hydrogen-bond acceptors (Lipinski definition) is 0. The molecule has 0 heterocycles. The standard InChI is InChI=1S/C6H11BBr2/c1-6(2,3)4-5-7(8)9/h4-5H,1-3H3. The average molecular weight is 254 g/mol. The number of halogens is 2. The first kappa shape index (κ1) is 9.76. The highest BCUT2D eigenvalue weighted by atomic mass is 79.9. The summed E-state index contributed by atoms with van der Waals surface area (Å²) < 4.78 is 0.309. The van der Waals surface area contributed by atoms with E-state index in [0.717, 1.165) is 0 Å². The minimum Gasteiger partial charge on any atom is -0.133 e. The second-order valence-electron chi connectivity index (χ2n) is 3.06. The summed E-state index contributed by atoms with van der Waals surface area (Å²) in [4.78, 5) is 0. The minimum atomic E-state index is 0.291. The Morgan fingerprint density at radius 3 is 1.78 bits per heavy atom. The van der Waals surface area contributed by atoms with Crippen LogP contribution in [-0.2, 0) is 0 Å². The van der Waals surface area contributed by atoms with E-state index >= 15 is 0 Å². The van der Waals surface area contributed by atoms with Gasteiger partial charge in [-0.1, -0.05) is 32.8 Å². The zero-order valence-electron chi connectivity index (χ0n) is 5.99. The van der Waals surface area contributed by atoms with E-state index in [9.17, 15) is 0 Å². The molecule has 0 atom stereocenters. The topological polar surface area (TPSA) is 0 Å². The van der Waals surface area contributed by atoms with Gasteiger partial charge in [-0.05, 0) is 5.41 Å². The zero-order chi connectivity index (χ0) is 7.49. The van der Waals surface area contributed by atoms with Crippen molar-refractivity contribution in [3.05, 3.63) is 12.1 Å². The molecule has 0 aliphatic rings. The van der Waals surface area contributed by atoms with Crippen molar-refractivity contribution in [2.75, 3.05) is 0 Å². The van der Waals surface area contributed by atoms with E-state index in [4.69, 9.17) is 0 Å². The Morgan fingerprint density at radius 2 is 1.67 bits per heavy atom. The molecule has 0 aromatic heterocycles. The third-order valence-corrected chi connectivity index (χ3v) is 1.35. The highest BCUT2D eigenvalue weighted by Gasteiger charge is 2.05. The monoisotopic (exact) mass is 252 g/mol. The van der Waals surface area contributed by atoms with Crippen LogP contribution in [0.1, 0.15) is 20.8 Å². The van der Waals surface area contributed by atoms with Crippen molar-refractivity contribution in [2.24, 2.45) is 5.41 Å². The molecule has 0 bridgehead atoms. The lowest BCUT2D eigenvalue weighted by Gasteiger charge is -2.10. The molecular weight excluding hydrogens is 243 g/mol. The summed E-state index contributed by atoms with van der Waals surface area (Å²) >= 11 is 6.71. The second-order valence-corrected chi connectivity index (χ2v) is 6.26. The Hall–Kier alpha value is 0.765. The third-order valence-electron chi connectivity index (χ3n) is 0.742. The van der Waals surface area contributed by atoms with Crippen molar-refractivity contribution < 1.29 is 0 Å². The lowest BCUT2D eigenvalue weighted by Crippen LogP contribution is -2.00. The SMILES string of the molecule is CC(C)(C)C=CB(Br)Br. The maximum absolute atomic E-state index is 3.36. The molecule has 0 saturated heterocycles. The summed E-state index contributed by atoms with van der Waals surface area (Å²) in [5.74, 6) is 2.08. The second kappa shape index (κ2) is 3.82. The first-order valence-electron chi connectivity index (χ1n) is 2.89. The fourth-order valence-corrected chi connectivity index (χ4v) is 0.667. The van der Waals surface area contributed by atoms with Gasteiger partial charge >= 0.3 is 4.36 Å². The van der Waals surface area contributed by atoms with Gasteiger partial charge in [-0.15, -0.1) is 31.5 Å². The van der Waals surface area contributed by atoms with Crippen LogP contribution >= 0.6 is 31.5 Å². The highest BCUT2D eigenvalue weighted by Crippen LogP contribution is 2.16. The van der Waals surface area contributed by atoms with Gasteiger partial charge in [0.1, 0.15) is 0 Å². The molecule has 0 unspecified atom stereocenters. The lowest BCUT2D eigenvalue weighted by atomic mass is 9.93. The van der Waals surface area contributed by atoms with Crippen LogP contribution in [0.4, 0.5) is 0 Å². The Kier molecular flexibility index (Phi) is 4.14. The molecular formula is C6H11BBr2. The number of hydrogen-bond donors (Lipinski definition) is 0. The molecule has 52 valence electrons. The summed E-state index contributed by atoms with van der Waals surface area (Å²) in [5, 5.41) is 0. The van der Waals surface area contributed by atoms with Crippen molar-refractivity contribution in [2.45, 2.75) is 20.8 Å². The largest absolute Gasteiger partial charge is 0.322 e. The van der Waals surface area contributed by atoms with E-state index in [-0.39, 0.29) is 0 Å². The molecule has 9 heavy (non-hydrogen) atoms. The van der Waals surface area contributed by atoms with Gasteiger partial charge in [0.25, 0.3) is 0 Å². The molecule has 0 fully saturated rings. The summed E-state index contributed by atoms with van der Waals surface area (Å²) in [6.45, 7) is 6.52. The van der Waals surface area contributed by atoms with E-state index < -0.39 is 0 Å². The Labute approximate surface area is 74.1 Å². The van der Waals surface area contributed by atoms with E-state index in [2.05, 4.69) is 64.3 Å². The van der Waals surface area contributed by atoms with Crippen LogP contribution in [-0.4, -0.2) is 4.36 Å².